The molecule has 0 radical (unpaired) electrons. The van der Waals surface area contributed by atoms with Crippen molar-refractivity contribution in [1.29, 1.82) is 0 Å². The maximum Gasteiger partial charge on any atom is 0.191 e. The summed E-state index contributed by atoms with van der Waals surface area (Å²) in [7, 11) is 0. The van der Waals surface area contributed by atoms with Crippen LogP contribution in [0.5, 0.6) is 0 Å². The highest BCUT2D eigenvalue weighted by molar-refractivity contribution is 7.17. The number of hydrogen-bond donors (Lipinski definition) is 1. The molecule has 3 rings (SSSR count). The predicted molar refractivity (Wildman–Crippen MR) is 79.5 cm³/mol. The van der Waals surface area contributed by atoms with Gasteiger partial charge in [0.2, 0.25) is 0 Å². The minimum Gasteiger partial charge on any atom is -0.378 e. The van der Waals surface area contributed by atoms with Crippen molar-refractivity contribution < 1.29 is 4.74 Å². The zero-order chi connectivity index (χ0) is 13.1. The first-order valence-electron chi connectivity index (χ1n) is 6.42. The maximum atomic E-state index is 6.03. The van der Waals surface area contributed by atoms with Gasteiger partial charge in [-0.2, -0.15) is 0 Å². The molecule has 1 aromatic carbocycles. The minimum atomic E-state index is 0.624. The topological polar surface area (TPSA) is 50.8 Å². The first-order valence-corrected chi connectivity index (χ1v) is 7.30. The maximum absolute atomic E-state index is 6.03. The molecule has 2 aromatic rings. The Labute approximate surface area is 116 Å². The molecule has 0 aliphatic carbocycles. The molecule has 2 N–H and O–H groups in total. The average Bonchev–Trinajstić information content (AvgIpc) is 2.89. The zero-order valence-corrected chi connectivity index (χ0v) is 11.5. The number of guanidine groups is 1. The van der Waals surface area contributed by atoms with Crippen LogP contribution < -0.4 is 5.73 Å². The summed E-state index contributed by atoms with van der Waals surface area (Å²) in [4.78, 5) is 6.59. The Balaban J connectivity index is 1.74. The van der Waals surface area contributed by atoms with Crippen LogP contribution in [0, 0.1) is 0 Å². The molecule has 100 valence electrons. The van der Waals surface area contributed by atoms with Crippen molar-refractivity contribution in [3.8, 4) is 0 Å². The van der Waals surface area contributed by atoms with Crippen LogP contribution in [-0.2, 0) is 11.3 Å². The van der Waals surface area contributed by atoms with E-state index in [-0.39, 0.29) is 0 Å². The zero-order valence-electron chi connectivity index (χ0n) is 10.7. The molecule has 19 heavy (non-hydrogen) atoms. The van der Waals surface area contributed by atoms with E-state index in [0.29, 0.717) is 12.5 Å². The van der Waals surface area contributed by atoms with Crippen molar-refractivity contribution >= 4 is 27.4 Å². The Morgan fingerprint density at radius 2 is 2.11 bits per heavy atom. The smallest absolute Gasteiger partial charge is 0.191 e. The number of ether oxygens (including phenoxy) is 1. The van der Waals surface area contributed by atoms with E-state index in [2.05, 4.69) is 39.5 Å². The summed E-state index contributed by atoms with van der Waals surface area (Å²) in [5.74, 6) is 0.624. The van der Waals surface area contributed by atoms with Crippen LogP contribution in [0.4, 0.5) is 0 Å². The molecule has 1 aliphatic heterocycles. The van der Waals surface area contributed by atoms with Gasteiger partial charge in [-0.15, -0.1) is 11.3 Å². The molecule has 2 heterocycles. The van der Waals surface area contributed by atoms with Crippen molar-refractivity contribution in [2.75, 3.05) is 26.3 Å². The van der Waals surface area contributed by atoms with Gasteiger partial charge in [0, 0.05) is 17.8 Å². The summed E-state index contributed by atoms with van der Waals surface area (Å²) < 4.78 is 6.61. The van der Waals surface area contributed by atoms with Gasteiger partial charge in [-0.05, 0) is 22.4 Å². The molecule has 0 spiro atoms. The number of benzene rings is 1. The highest BCUT2D eigenvalue weighted by atomic mass is 32.1. The normalized spacial score (nSPS) is 17.1. The van der Waals surface area contributed by atoms with Crippen LogP contribution in [0.3, 0.4) is 0 Å². The number of nitrogens with zero attached hydrogens (tertiary/aromatic N) is 2. The van der Waals surface area contributed by atoms with Crippen molar-refractivity contribution in [3.05, 3.63) is 35.2 Å². The van der Waals surface area contributed by atoms with Gasteiger partial charge in [-0.3, -0.25) is 0 Å². The third-order valence-corrected chi connectivity index (χ3v) is 4.32. The quantitative estimate of drug-likeness (QED) is 0.674. The largest absolute Gasteiger partial charge is 0.378 e. The van der Waals surface area contributed by atoms with Crippen molar-refractivity contribution in [1.82, 2.24) is 4.90 Å². The van der Waals surface area contributed by atoms with Gasteiger partial charge in [0.05, 0.1) is 19.8 Å². The fourth-order valence-corrected chi connectivity index (χ4v) is 3.17. The predicted octanol–water partition coefficient (Wildman–Crippen LogP) is 2.05. The molecule has 5 heteroatoms. The molecule has 0 bridgehead atoms. The van der Waals surface area contributed by atoms with Gasteiger partial charge in [0.25, 0.3) is 0 Å². The Kier molecular flexibility index (Phi) is 3.66. The number of nitrogens with two attached hydrogens (primary N) is 1. The number of rotatable bonds is 2. The fourth-order valence-electron chi connectivity index (χ4n) is 2.21. The SMILES string of the molecule is NC(=NCc1csc2ccccc12)N1CCOCC1. The molecule has 1 aromatic heterocycles. The van der Waals surface area contributed by atoms with Crippen LogP contribution in [0.1, 0.15) is 5.56 Å². The van der Waals surface area contributed by atoms with Gasteiger partial charge in [0.15, 0.2) is 5.96 Å². The van der Waals surface area contributed by atoms with Crippen LogP contribution in [-0.4, -0.2) is 37.2 Å². The van der Waals surface area contributed by atoms with E-state index >= 15 is 0 Å². The van der Waals surface area contributed by atoms with Crippen molar-refractivity contribution in [2.45, 2.75) is 6.54 Å². The number of aliphatic imine (C=N–C) groups is 1. The second-order valence-electron chi connectivity index (χ2n) is 4.53. The molecule has 1 saturated heterocycles. The molecule has 1 aliphatic rings. The lowest BCUT2D eigenvalue weighted by atomic mass is 10.2. The Bertz CT molecular complexity index is 587. The summed E-state index contributed by atoms with van der Waals surface area (Å²) in [6.45, 7) is 3.78. The van der Waals surface area contributed by atoms with Crippen LogP contribution in [0.25, 0.3) is 10.1 Å². The van der Waals surface area contributed by atoms with Gasteiger partial charge in [-0.1, -0.05) is 18.2 Å². The summed E-state index contributed by atoms with van der Waals surface area (Å²) >= 11 is 1.76. The van der Waals surface area contributed by atoms with E-state index in [1.165, 1.54) is 15.6 Å². The molecule has 0 saturated carbocycles. The summed E-state index contributed by atoms with van der Waals surface area (Å²) in [5.41, 5.74) is 7.28. The van der Waals surface area contributed by atoms with E-state index in [1.807, 2.05) is 0 Å². The molecule has 0 atom stereocenters. The fraction of sp³-hybridized carbons (Fsp3) is 0.357. The Morgan fingerprint density at radius 3 is 2.95 bits per heavy atom. The van der Waals surface area contributed by atoms with Crippen LogP contribution >= 0.6 is 11.3 Å². The van der Waals surface area contributed by atoms with Crippen molar-refractivity contribution in [3.63, 3.8) is 0 Å². The van der Waals surface area contributed by atoms with E-state index in [0.717, 1.165) is 26.3 Å². The van der Waals surface area contributed by atoms with Gasteiger partial charge < -0.3 is 15.4 Å². The molecule has 1 fully saturated rings. The first kappa shape index (κ1) is 12.4. The van der Waals surface area contributed by atoms with E-state index in [1.54, 1.807) is 11.3 Å². The molecule has 0 amide bonds. The lowest BCUT2D eigenvalue weighted by Gasteiger charge is -2.27. The monoisotopic (exact) mass is 275 g/mol. The lowest BCUT2D eigenvalue weighted by molar-refractivity contribution is 0.0674. The standard InChI is InChI=1S/C14H17N3OS/c15-14(17-5-7-18-8-6-17)16-9-11-10-19-13-4-2-1-3-12(11)13/h1-4,10H,5-9H2,(H2,15,16). The molecule has 4 nitrogen and oxygen atoms in total. The first-order chi connectivity index (χ1) is 9.34. The summed E-state index contributed by atoms with van der Waals surface area (Å²) in [5, 5.41) is 3.45. The Hall–Kier alpha value is -1.59. The van der Waals surface area contributed by atoms with Gasteiger partial charge in [0.1, 0.15) is 0 Å². The number of fused-ring (bicyclic) bond motifs is 1. The van der Waals surface area contributed by atoms with E-state index in [9.17, 15) is 0 Å². The van der Waals surface area contributed by atoms with Crippen LogP contribution in [0.15, 0.2) is 34.6 Å². The lowest BCUT2D eigenvalue weighted by Crippen LogP contribution is -2.44. The highest BCUT2D eigenvalue weighted by Gasteiger charge is 2.12. The molecular formula is C14H17N3OS. The second-order valence-corrected chi connectivity index (χ2v) is 5.44. The van der Waals surface area contributed by atoms with E-state index in [4.69, 9.17) is 10.5 Å². The number of morpholine rings is 1. The highest BCUT2D eigenvalue weighted by Crippen LogP contribution is 2.26. The Morgan fingerprint density at radius 1 is 1.32 bits per heavy atom. The number of hydrogen-bond acceptors (Lipinski definition) is 3. The third-order valence-electron chi connectivity index (χ3n) is 3.31. The summed E-state index contributed by atoms with van der Waals surface area (Å²) in [6, 6.07) is 8.40. The van der Waals surface area contributed by atoms with Crippen LogP contribution in [0.2, 0.25) is 0 Å². The van der Waals surface area contributed by atoms with Gasteiger partial charge in [-0.25, -0.2) is 4.99 Å². The number of thiophene rings is 1. The molecular weight excluding hydrogens is 258 g/mol. The van der Waals surface area contributed by atoms with Crippen molar-refractivity contribution in [2.24, 2.45) is 10.7 Å². The summed E-state index contributed by atoms with van der Waals surface area (Å²) in [6.07, 6.45) is 0. The minimum absolute atomic E-state index is 0.624. The van der Waals surface area contributed by atoms with Gasteiger partial charge >= 0.3 is 0 Å². The van der Waals surface area contributed by atoms with E-state index < -0.39 is 0 Å². The third kappa shape index (κ3) is 2.72. The average molecular weight is 275 g/mol. The second kappa shape index (κ2) is 5.59. The molecule has 0 unspecified atom stereocenters.